The molecule has 0 saturated heterocycles. The Balaban J connectivity index is 1.56. The molecule has 0 aromatic heterocycles. The van der Waals surface area contributed by atoms with Gasteiger partial charge in [0, 0.05) is 28.5 Å². The van der Waals surface area contributed by atoms with E-state index in [-0.39, 0.29) is 29.8 Å². The summed E-state index contributed by atoms with van der Waals surface area (Å²) >= 11 is 9.78. The normalized spacial score (nSPS) is 14.3. The molecule has 0 unspecified atom stereocenters. The molecule has 7 nitrogen and oxygen atoms in total. The van der Waals surface area contributed by atoms with Crippen molar-refractivity contribution in [2.45, 2.75) is 62.0 Å². The zero-order valence-electron chi connectivity index (χ0n) is 25.4. The first-order chi connectivity index (χ1) is 22.2. The predicted octanol–water partition coefficient (Wildman–Crippen LogP) is 7.39. The van der Waals surface area contributed by atoms with Crippen molar-refractivity contribution < 1.29 is 18.0 Å². The first-order valence-electron chi connectivity index (χ1n) is 15.4. The summed E-state index contributed by atoms with van der Waals surface area (Å²) < 4.78 is 30.0. The van der Waals surface area contributed by atoms with Crippen LogP contribution in [0.3, 0.4) is 0 Å². The van der Waals surface area contributed by atoms with Gasteiger partial charge in [0.15, 0.2) is 0 Å². The van der Waals surface area contributed by atoms with Crippen molar-refractivity contribution in [2.24, 2.45) is 0 Å². The maximum Gasteiger partial charge on any atom is 0.264 e. The summed E-state index contributed by atoms with van der Waals surface area (Å²) in [6, 6.07) is 30.7. The van der Waals surface area contributed by atoms with Crippen LogP contribution in [0.4, 0.5) is 5.69 Å². The van der Waals surface area contributed by atoms with Gasteiger partial charge >= 0.3 is 0 Å². The zero-order chi connectivity index (χ0) is 32.5. The topological polar surface area (TPSA) is 86.8 Å². The Hall–Kier alpha value is -3.66. The third-order valence-electron chi connectivity index (χ3n) is 8.17. The first kappa shape index (κ1) is 33.7. The highest BCUT2D eigenvalue weighted by Crippen LogP contribution is 2.28. The van der Waals surface area contributed by atoms with Crippen LogP contribution in [0.1, 0.15) is 43.2 Å². The molecule has 2 amide bonds. The van der Waals surface area contributed by atoms with Gasteiger partial charge in [-0.3, -0.25) is 13.9 Å². The Bertz CT molecular complexity index is 1730. The Morgan fingerprint density at radius 1 is 0.826 bits per heavy atom. The molecule has 4 aromatic rings. The van der Waals surface area contributed by atoms with E-state index in [1.165, 1.54) is 17.0 Å². The van der Waals surface area contributed by atoms with E-state index >= 15 is 0 Å². The van der Waals surface area contributed by atoms with Crippen LogP contribution in [0, 0.1) is 0 Å². The number of amides is 2. The number of halogens is 2. The second kappa shape index (κ2) is 15.8. The third kappa shape index (κ3) is 8.78. The van der Waals surface area contributed by atoms with Gasteiger partial charge in [0.05, 0.1) is 10.6 Å². The van der Waals surface area contributed by atoms with E-state index < -0.39 is 28.5 Å². The number of carbonyl (C=O) groups is 2. The smallest absolute Gasteiger partial charge is 0.264 e. The van der Waals surface area contributed by atoms with E-state index in [1.54, 1.807) is 60.7 Å². The molecule has 46 heavy (non-hydrogen) atoms. The SMILES string of the molecule is O=C(NC1CCCCC1)[C@@H](Cc1ccccc1)N(Cc1cccc(Cl)c1)C(=O)CN(c1cccc(Br)c1)S(=O)(=O)c1ccccc1. The zero-order valence-corrected chi connectivity index (χ0v) is 28.6. The van der Waals surface area contributed by atoms with Crippen molar-refractivity contribution in [3.63, 3.8) is 0 Å². The quantitative estimate of drug-likeness (QED) is 0.165. The third-order valence-corrected chi connectivity index (χ3v) is 10.7. The second-order valence-electron chi connectivity index (χ2n) is 11.5. The van der Waals surface area contributed by atoms with Crippen LogP contribution in [0.5, 0.6) is 0 Å². The summed E-state index contributed by atoms with van der Waals surface area (Å²) in [4.78, 5) is 30.3. The van der Waals surface area contributed by atoms with Gasteiger partial charge in [-0.1, -0.05) is 114 Å². The highest BCUT2D eigenvalue weighted by atomic mass is 79.9. The van der Waals surface area contributed by atoms with Crippen molar-refractivity contribution in [3.8, 4) is 0 Å². The Morgan fingerprint density at radius 3 is 2.15 bits per heavy atom. The van der Waals surface area contributed by atoms with Crippen molar-refractivity contribution in [2.75, 3.05) is 10.8 Å². The second-order valence-corrected chi connectivity index (χ2v) is 14.7. The molecule has 1 N–H and O–H groups in total. The summed E-state index contributed by atoms with van der Waals surface area (Å²) in [5.74, 6) is -0.773. The van der Waals surface area contributed by atoms with Crippen LogP contribution in [0.2, 0.25) is 5.02 Å². The largest absolute Gasteiger partial charge is 0.352 e. The molecule has 0 bridgehead atoms. The maximum absolute atomic E-state index is 14.6. The Morgan fingerprint density at radius 2 is 1.48 bits per heavy atom. The summed E-state index contributed by atoms with van der Waals surface area (Å²) in [7, 11) is -4.16. The highest BCUT2D eigenvalue weighted by Gasteiger charge is 2.35. The molecule has 10 heteroatoms. The number of anilines is 1. The number of hydrogen-bond acceptors (Lipinski definition) is 4. The molecule has 1 saturated carbocycles. The molecular weight excluding hydrogens is 686 g/mol. The van der Waals surface area contributed by atoms with Crippen LogP contribution in [-0.2, 0) is 32.6 Å². The van der Waals surface area contributed by atoms with Crippen molar-refractivity contribution in [3.05, 3.63) is 130 Å². The molecule has 0 radical (unpaired) electrons. The summed E-state index contributed by atoms with van der Waals surface area (Å²) in [5, 5.41) is 3.72. The lowest BCUT2D eigenvalue weighted by atomic mass is 9.94. The maximum atomic E-state index is 14.6. The number of hydrogen-bond donors (Lipinski definition) is 1. The van der Waals surface area contributed by atoms with Gasteiger partial charge in [0.2, 0.25) is 11.8 Å². The van der Waals surface area contributed by atoms with Crippen LogP contribution in [0.25, 0.3) is 0 Å². The van der Waals surface area contributed by atoms with E-state index in [0.717, 1.165) is 47.5 Å². The van der Waals surface area contributed by atoms with Crippen LogP contribution < -0.4 is 9.62 Å². The lowest BCUT2D eigenvalue weighted by Crippen LogP contribution is -2.55. The van der Waals surface area contributed by atoms with E-state index in [1.807, 2.05) is 36.4 Å². The van der Waals surface area contributed by atoms with Gasteiger partial charge in [-0.15, -0.1) is 0 Å². The van der Waals surface area contributed by atoms with E-state index in [4.69, 9.17) is 11.6 Å². The van der Waals surface area contributed by atoms with E-state index in [0.29, 0.717) is 15.2 Å². The number of carbonyl (C=O) groups excluding carboxylic acids is 2. The molecule has 4 aromatic carbocycles. The van der Waals surface area contributed by atoms with Gasteiger partial charge in [-0.25, -0.2) is 8.42 Å². The minimum absolute atomic E-state index is 0.0271. The summed E-state index contributed by atoms with van der Waals surface area (Å²) in [5.41, 5.74) is 1.93. The number of nitrogens with one attached hydrogen (secondary N) is 1. The number of nitrogens with zero attached hydrogens (tertiary/aromatic N) is 2. The molecule has 5 rings (SSSR count). The molecule has 0 spiro atoms. The van der Waals surface area contributed by atoms with E-state index in [2.05, 4.69) is 21.2 Å². The highest BCUT2D eigenvalue weighted by molar-refractivity contribution is 9.10. The van der Waals surface area contributed by atoms with Gasteiger partial charge in [0.25, 0.3) is 10.0 Å². The average molecular weight is 723 g/mol. The van der Waals surface area contributed by atoms with Gasteiger partial charge in [-0.2, -0.15) is 0 Å². The van der Waals surface area contributed by atoms with Gasteiger partial charge < -0.3 is 10.2 Å². The number of sulfonamides is 1. The average Bonchev–Trinajstić information content (AvgIpc) is 3.06. The lowest BCUT2D eigenvalue weighted by molar-refractivity contribution is -0.140. The lowest BCUT2D eigenvalue weighted by Gasteiger charge is -2.35. The minimum atomic E-state index is -4.16. The molecular formula is C36H37BrClN3O4S. The molecule has 240 valence electrons. The van der Waals surface area contributed by atoms with Crippen LogP contribution in [0.15, 0.2) is 119 Å². The predicted molar refractivity (Wildman–Crippen MR) is 186 cm³/mol. The summed E-state index contributed by atoms with van der Waals surface area (Å²) in [6.07, 6.45) is 5.25. The number of benzene rings is 4. The van der Waals surface area contributed by atoms with Crippen LogP contribution in [-0.4, -0.2) is 43.8 Å². The molecule has 1 aliphatic carbocycles. The molecule has 0 heterocycles. The summed E-state index contributed by atoms with van der Waals surface area (Å²) in [6.45, 7) is -0.455. The van der Waals surface area contributed by atoms with E-state index in [9.17, 15) is 18.0 Å². The van der Waals surface area contributed by atoms with Gasteiger partial charge in [0.1, 0.15) is 12.6 Å². The van der Waals surface area contributed by atoms with Crippen molar-refractivity contribution >= 4 is 55.1 Å². The first-order valence-corrected chi connectivity index (χ1v) is 18.0. The minimum Gasteiger partial charge on any atom is -0.352 e. The number of rotatable bonds is 12. The fourth-order valence-corrected chi connectivity index (χ4v) is 7.84. The molecule has 0 aliphatic heterocycles. The molecule has 1 fully saturated rings. The van der Waals surface area contributed by atoms with Crippen molar-refractivity contribution in [1.82, 2.24) is 10.2 Å². The Labute approximate surface area is 284 Å². The van der Waals surface area contributed by atoms with Crippen molar-refractivity contribution in [1.29, 1.82) is 0 Å². The Kier molecular flexibility index (Phi) is 11.5. The fraction of sp³-hybridized carbons (Fsp3) is 0.278. The fourth-order valence-electron chi connectivity index (χ4n) is 5.81. The van der Waals surface area contributed by atoms with Crippen LogP contribution >= 0.6 is 27.5 Å². The van der Waals surface area contributed by atoms with Gasteiger partial charge in [-0.05, 0) is 66.4 Å². The molecule has 1 atom stereocenters. The standard InChI is InChI=1S/C36H37BrClN3O4S/c37-29-15-11-19-32(24-29)41(46(44,45)33-20-8-3-9-21-33)26-35(42)40(25-28-14-10-16-30(38)22-28)34(23-27-12-4-1-5-13-27)36(43)39-31-17-6-2-7-18-31/h1,3-5,8-16,19-22,24,31,34H,2,6-7,17-18,23,25-26H2,(H,39,43)/t34-/m1/s1. The molecule has 1 aliphatic rings. The monoisotopic (exact) mass is 721 g/mol.